The number of carbonyl (C=O) groups excluding carboxylic acids is 2. The van der Waals surface area contributed by atoms with Crippen LogP contribution in [0.2, 0.25) is 0 Å². The maximum atomic E-state index is 13.6. The summed E-state index contributed by atoms with van der Waals surface area (Å²) < 4.78 is 3.13. The number of thiophene rings is 1. The van der Waals surface area contributed by atoms with Crippen LogP contribution in [-0.4, -0.2) is 32.9 Å². The maximum Gasteiger partial charge on any atom is 0.271 e. The van der Waals surface area contributed by atoms with Gasteiger partial charge in [0, 0.05) is 12.6 Å². The molecule has 6 heteroatoms. The lowest BCUT2D eigenvalue weighted by Gasteiger charge is -2.45. The van der Waals surface area contributed by atoms with Crippen LogP contribution in [0.15, 0.2) is 47.8 Å². The number of aromatic nitrogens is 1. The van der Waals surface area contributed by atoms with Crippen LogP contribution in [0.25, 0.3) is 10.2 Å². The molecule has 1 aromatic carbocycles. The van der Waals surface area contributed by atoms with Gasteiger partial charge in [0.25, 0.3) is 5.91 Å². The molecule has 1 N–H and O–H groups in total. The fourth-order valence-electron chi connectivity index (χ4n) is 4.87. The average Bonchev–Trinajstić information content (AvgIpc) is 3.35. The summed E-state index contributed by atoms with van der Waals surface area (Å²) in [5.74, 6) is -0.115. The Hall–Kier alpha value is -2.60. The SMILES string of the molecule is CC1(C(=O)NC2CCCCC2)Cn2c(cc3sccc32)C(=O)N1Cc1ccccc1. The Morgan fingerprint density at radius 3 is 2.70 bits per heavy atom. The fourth-order valence-corrected chi connectivity index (χ4v) is 5.70. The van der Waals surface area contributed by atoms with Gasteiger partial charge in [0.1, 0.15) is 11.2 Å². The minimum atomic E-state index is -0.939. The van der Waals surface area contributed by atoms with Gasteiger partial charge in [-0.15, -0.1) is 11.3 Å². The highest BCUT2D eigenvalue weighted by Crippen LogP contribution is 2.35. The number of hydrogen-bond acceptors (Lipinski definition) is 3. The lowest BCUT2D eigenvalue weighted by molar-refractivity contribution is -0.134. The van der Waals surface area contributed by atoms with E-state index in [4.69, 9.17) is 0 Å². The highest BCUT2D eigenvalue weighted by atomic mass is 32.1. The highest BCUT2D eigenvalue weighted by molar-refractivity contribution is 7.17. The third-order valence-electron chi connectivity index (χ3n) is 6.66. The van der Waals surface area contributed by atoms with E-state index in [9.17, 15) is 9.59 Å². The highest BCUT2D eigenvalue weighted by Gasteiger charge is 2.48. The molecule has 1 unspecified atom stereocenters. The topological polar surface area (TPSA) is 54.3 Å². The molecule has 0 saturated heterocycles. The molecule has 0 radical (unpaired) electrons. The summed E-state index contributed by atoms with van der Waals surface area (Å²) in [6.45, 7) is 2.82. The lowest BCUT2D eigenvalue weighted by Crippen LogP contribution is -2.64. The molecule has 1 aliphatic carbocycles. The van der Waals surface area contributed by atoms with Gasteiger partial charge >= 0.3 is 0 Å². The summed E-state index contributed by atoms with van der Waals surface area (Å²) >= 11 is 1.63. The fraction of sp³-hybridized carbons (Fsp3) is 0.417. The van der Waals surface area contributed by atoms with Crippen molar-refractivity contribution < 1.29 is 9.59 Å². The molecule has 2 aliphatic rings. The Bertz CT molecular complexity index is 1080. The molecule has 3 heterocycles. The van der Waals surface area contributed by atoms with Crippen molar-refractivity contribution in [3.63, 3.8) is 0 Å². The second kappa shape index (κ2) is 7.58. The number of carbonyl (C=O) groups is 2. The molecule has 0 spiro atoms. The molecule has 2 aromatic heterocycles. The number of benzene rings is 1. The van der Waals surface area contributed by atoms with Crippen LogP contribution < -0.4 is 5.32 Å². The van der Waals surface area contributed by atoms with Crippen molar-refractivity contribution >= 4 is 33.4 Å². The van der Waals surface area contributed by atoms with Crippen molar-refractivity contribution in [3.8, 4) is 0 Å². The van der Waals surface area contributed by atoms with E-state index >= 15 is 0 Å². The molecule has 156 valence electrons. The van der Waals surface area contributed by atoms with Crippen molar-refractivity contribution in [2.45, 2.75) is 63.7 Å². The van der Waals surface area contributed by atoms with Crippen LogP contribution in [0, 0.1) is 0 Å². The summed E-state index contributed by atoms with van der Waals surface area (Å²) in [7, 11) is 0. The summed E-state index contributed by atoms with van der Waals surface area (Å²) in [6, 6.07) is 14.2. The Morgan fingerprint density at radius 1 is 1.17 bits per heavy atom. The van der Waals surface area contributed by atoms with E-state index in [0.29, 0.717) is 18.8 Å². The van der Waals surface area contributed by atoms with Gasteiger partial charge in [-0.1, -0.05) is 49.6 Å². The lowest BCUT2D eigenvalue weighted by atomic mass is 9.91. The first kappa shape index (κ1) is 19.4. The number of fused-ring (bicyclic) bond motifs is 3. The molecule has 1 fully saturated rings. The van der Waals surface area contributed by atoms with E-state index in [1.165, 1.54) is 6.42 Å². The molecule has 3 aromatic rings. The minimum absolute atomic E-state index is 0.0404. The van der Waals surface area contributed by atoms with Crippen molar-refractivity contribution in [2.24, 2.45) is 0 Å². The van der Waals surface area contributed by atoms with Crippen LogP contribution in [0.3, 0.4) is 0 Å². The molecule has 0 bridgehead atoms. The van der Waals surface area contributed by atoms with Gasteiger partial charge < -0.3 is 14.8 Å². The third kappa shape index (κ3) is 3.23. The van der Waals surface area contributed by atoms with Gasteiger partial charge in [-0.05, 0) is 42.8 Å². The molecular weight excluding hydrogens is 394 g/mol. The van der Waals surface area contributed by atoms with Crippen LogP contribution in [0.4, 0.5) is 0 Å². The van der Waals surface area contributed by atoms with Crippen molar-refractivity contribution in [3.05, 3.63) is 59.1 Å². The first-order chi connectivity index (χ1) is 14.6. The Morgan fingerprint density at radius 2 is 1.93 bits per heavy atom. The minimum Gasteiger partial charge on any atom is -0.351 e. The van der Waals surface area contributed by atoms with E-state index in [1.807, 2.05) is 59.3 Å². The zero-order valence-electron chi connectivity index (χ0n) is 17.3. The van der Waals surface area contributed by atoms with E-state index in [0.717, 1.165) is 41.5 Å². The summed E-state index contributed by atoms with van der Waals surface area (Å²) in [5.41, 5.74) is 1.81. The maximum absolute atomic E-state index is 13.6. The zero-order valence-corrected chi connectivity index (χ0v) is 18.1. The molecule has 1 atom stereocenters. The largest absolute Gasteiger partial charge is 0.351 e. The summed E-state index contributed by atoms with van der Waals surface area (Å²) in [6.07, 6.45) is 5.61. The molecule has 2 amide bonds. The van der Waals surface area contributed by atoms with E-state index < -0.39 is 5.54 Å². The smallest absolute Gasteiger partial charge is 0.271 e. The van der Waals surface area contributed by atoms with Gasteiger partial charge in [-0.3, -0.25) is 9.59 Å². The first-order valence-electron chi connectivity index (χ1n) is 10.8. The molecule has 1 saturated carbocycles. The molecule has 1 aliphatic heterocycles. The normalized spacial score (nSPS) is 22.3. The summed E-state index contributed by atoms with van der Waals surface area (Å²) in [4.78, 5) is 29.0. The van der Waals surface area contributed by atoms with Crippen LogP contribution in [0.1, 0.15) is 55.1 Å². The van der Waals surface area contributed by atoms with E-state index in [-0.39, 0.29) is 17.9 Å². The predicted molar refractivity (Wildman–Crippen MR) is 120 cm³/mol. The Labute approximate surface area is 180 Å². The number of nitrogens with one attached hydrogen (secondary N) is 1. The monoisotopic (exact) mass is 421 g/mol. The quantitative estimate of drug-likeness (QED) is 0.671. The number of hydrogen-bond donors (Lipinski definition) is 1. The second-order valence-corrected chi connectivity index (χ2v) is 9.69. The number of rotatable bonds is 4. The number of amides is 2. The Kier molecular flexibility index (Phi) is 4.89. The van der Waals surface area contributed by atoms with Gasteiger partial charge in [0.2, 0.25) is 5.91 Å². The van der Waals surface area contributed by atoms with Crippen molar-refractivity contribution in [1.82, 2.24) is 14.8 Å². The van der Waals surface area contributed by atoms with Gasteiger partial charge in [-0.25, -0.2) is 0 Å². The third-order valence-corrected chi connectivity index (χ3v) is 7.51. The first-order valence-corrected chi connectivity index (χ1v) is 11.7. The molecule has 30 heavy (non-hydrogen) atoms. The summed E-state index contributed by atoms with van der Waals surface area (Å²) in [5, 5.41) is 5.33. The standard InChI is InChI=1S/C24H27N3O2S/c1-24(23(29)25-18-10-6-3-7-11-18)16-26-19-12-13-30-21(19)14-20(26)22(28)27(24)15-17-8-4-2-5-9-17/h2,4-5,8-9,12-14,18H,3,6-7,10-11,15-16H2,1H3,(H,25,29). The van der Waals surface area contributed by atoms with Crippen LogP contribution in [-0.2, 0) is 17.9 Å². The zero-order chi connectivity index (χ0) is 20.7. The average molecular weight is 422 g/mol. The van der Waals surface area contributed by atoms with Crippen molar-refractivity contribution in [1.29, 1.82) is 0 Å². The van der Waals surface area contributed by atoms with Crippen molar-refractivity contribution in [2.75, 3.05) is 0 Å². The van der Waals surface area contributed by atoms with Crippen LogP contribution in [0.5, 0.6) is 0 Å². The molecular formula is C24H27N3O2S. The molecule has 5 nitrogen and oxygen atoms in total. The Balaban J connectivity index is 1.53. The number of nitrogens with zero attached hydrogens (tertiary/aromatic N) is 2. The predicted octanol–water partition coefficient (Wildman–Crippen LogP) is 4.57. The second-order valence-electron chi connectivity index (χ2n) is 8.74. The van der Waals surface area contributed by atoms with Crippen LogP contribution >= 0.6 is 11.3 Å². The molecule has 5 rings (SSSR count). The van der Waals surface area contributed by atoms with Gasteiger partial charge in [0.05, 0.1) is 16.8 Å². The van der Waals surface area contributed by atoms with Gasteiger partial charge in [-0.2, -0.15) is 0 Å². The van der Waals surface area contributed by atoms with E-state index in [2.05, 4.69) is 5.32 Å². The van der Waals surface area contributed by atoms with E-state index in [1.54, 1.807) is 16.2 Å². The van der Waals surface area contributed by atoms with Gasteiger partial charge in [0.15, 0.2) is 0 Å².